The van der Waals surface area contributed by atoms with Crippen LogP contribution in [-0.4, -0.2) is 38.9 Å². The fraction of sp³-hybridized carbons (Fsp3) is 0.381. The second kappa shape index (κ2) is 10.9. The smallest absolute Gasteiger partial charge is 0.242 e. The maximum Gasteiger partial charge on any atom is 0.242 e. The van der Waals surface area contributed by atoms with Crippen molar-refractivity contribution in [3.63, 3.8) is 0 Å². The van der Waals surface area contributed by atoms with E-state index in [0.29, 0.717) is 18.7 Å². The zero-order valence-electron chi connectivity index (χ0n) is 17.1. The van der Waals surface area contributed by atoms with Crippen molar-refractivity contribution in [2.75, 3.05) is 18.6 Å². The predicted molar refractivity (Wildman–Crippen MR) is 126 cm³/mol. The lowest BCUT2D eigenvalue weighted by atomic mass is 9.84. The summed E-state index contributed by atoms with van der Waals surface area (Å²) >= 11 is 13.5. The van der Waals surface area contributed by atoms with Gasteiger partial charge in [0.05, 0.1) is 5.02 Å². The van der Waals surface area contributed by atoms with E-state index in [1.54, 1.807) is 0 Å². The van der Waals surface area contributed by atoms with Gasteiger partial charge in [-0.25, -0.2) is 8.42 Å². The molecule has 1 atom stereocenters. The van der Waals surface area contributed by atoms with Gasteiger partial charge in [0.2, 0.25) is 15.9 Å². The number of hydrogen-bond donors (Lipinski definition) is 2. The fourth-order valence-corrected chi connectivity index (χ4v) is 5.30. The van der Waals surface area contributed by atoms with Gasteiger partial charge in [-0.2, -0.15) is 16.5 Å². The molecular formula is C21H26Cl2N2O3S2. The molecule has 0 fully saturated rings. The molecule has 2 aromatic carbocycles. The maximum atomic E-state index is 12.9. The topological polar surface area (TPSA) is 75.3 Å². The Hall–Kier alpha value is -1.25. The predicted octanol–water partition coefficient (Wildman–Crippen LogP) is 4.49. The third-order valence-corrected chi connectivity index (χ3v) is 7.50. The quantitative estimate of drug-likeness (QED) is 0.516. The Morgan fingerprint density at radius 1 is 1.13 bits per heavy atom. The monoisotopic (exact) mass is 488 g/mol. The molecule has 0 spiro atoms. The van der Waals surface area contributed by atoms with Crippen LogP contribution < -0.4 is 10.0 Å². The van der Waals surface area contributed by atoms with E-state index < -0.39 is 16.1 Å². The number of nitrogens with one attached hydrogen (secondary N) is 2. The highest BCUT2D eigenvalue weighted by Gasteiger charge is 2.29. The number of carbonyl (C=O) groups is 1. The summed E-state index contributed by atoms with van der Waals surface area (Å²) in [5.74, 6) is 0.237. The van der Waals surface area contributed by atoms with Crippen molar-refractivity contribution < 1.29 is 13.2 Å². The molecule has 0 aliphatic rings. The average Bonchev–Trinajstić information content (AvgIpc) is 2.71. The van der Waals surface area contributed by atoms with Crippen LogP contribution in [0.3, 0.4) is 0 Å². The van der Waals surface area contributed by atoms with E-state index in [1.165, 1.54) is 30.0 Å². The Labute approximate surface area is 193 Å². The number of amides is 1. The first-order chi connectivity index (χ1) is 14.1. The van der Waals surface area contributed by atoms with E-state index in [4.69, 9.17) is 23.2 Å². The van der Waals surface area contributed by atoms with Crippen molar-refractivity contribution in [1.82, 2.24) is 10.0 Å². The van der Waals surface area contributed by atoms with Crippen molar-refractivity contribution in [2.45, 2.75) is 36.6 Å². The normalized spacial score (nSPS) is 13.1. The molecule has 0 aliphatic carbocycles. The SMILES string of the molecule is CSCCC(NS(=O)(=O)c1cc(Cl)ccc1Cl)C(=O)NCC(C)(C)c1ccccc1. The average molecular weight is 489 g/mol. The van der Waals surface area contributed by atoms with E-state index in [2.05, 4.69) is 10.0 Å². The molecule has 2 N–H and O–H groups in total. The third-order valence-electron chi connectivity index (χ3n) is 4.67. The zero-order chi connectivity index (χ0) is 22.4. The summed E-state index contributed by atoms with van der Waals surface area (Å²) in [6.45, 7) is 4.41. The van der Waals surface area contributed by atoms with Gasteiger partial charge >= 0.3 is 0 Å². The molecule has 0 saturated heterocycles. The number of thioether (sulfide) groups is 1. The lowest BCUT2D eigenvalue weighted by molar-refractivity contribution is -0.123. The molecule has 164 valence electrons. The van der Waals surface area contributed by atoms with Gasteiger partial charge in [-0.1, -0.05) is 67.4 Å². The molecule has 1 amide bonds. The molecule has 1 unspecified atom stereocenters. The minimum Gasteiger partial charge on any atom is -0.354 e. The molecule has 30 heavy (non-hydrogen) atoms. The zero-order valence-corrected chi connectivity index (χ0v) is 20.3. The number of benzene rings is 2. The van der Waals surface area contributed by atoms with Crippen LogP contribution in [0.2, 0.25) is 10.0 Å². The van der Waals surface area contributed by atoms with Crippen molar-refractivity contribution >= 4 is 50.9 Å². The van der Waals surface area contributed by atoms with E-state index in [-0.39, 0.29) is 26.3 Å². The van der Waals surface area contributed by atoms with Gasteiger partial charge in [0.15, 0.2) is 0 Å². The Morgan fingerprint density at radius 3 is 2.43 bits per heavy atom. The Kier molecular flexibility index (Phi) is 9.06. The number of rotatable bonds is 10. The van der Waals surface area contributed by atoms with Gasteiger partial charge in [-0.3, -0.25) is 4.79 Å². The molecular weight excluding hydrogens is 463 g/mol. The Balaban J connectivity index is 2.16. The Bertz CT molecular complexity index is 967. The second-order valence-corrected chi connectivity index (χ2v) is 11.0. The molecule has 0 saturated carbocycles. The van der Waals surface area contributed by atoms with Gasteiger partial charge in [0.25, 0.3) is 0 Å². The summed E-state index contributed by atoms with van der Waals surface area (Å²) in [7, 11) is -4.03. The Morgan fingerprint density at radius 2 is 1.80 bits per heavy atom. The highest BCUT2D eigenvalue weighted by atomic mass is 35.5. The molecule has 0 radical (unpaired) electrons. The molecule has 0 heterocycles. The minimum absolute atomic E-state index is 0.0427. The van der Waals surface area contributed by atoms with Gasteiger partial charge in [0.1, 0.15) is 10.9 Å². The molecule has 0 aliphatic heterocycles. The summed E-state index contributed by atoms with van der Waals surface area (Å²) in [5, 5.41) is 3.18. The first-order valence-electron chi connectivity index (χ1n) is 9.36. The van der Waals surface area contributed by atoms with Crippen LogP contribution in [0.25, 0.3) is 0 Å². The van der Waals surface area contributed by atoms with E-state index >= 15 is 0 Å². The summed E-state index contributed by atoms with van der Waals surface area (Å²) < 4.78 is 28.2. The summed E-state index contributed by atoms with van der Waals surface area (Å²) in [6, 6.07) is 13.1. The van der Waals surface area contributed by atoms with E-state index in [9.17, 15) is 13.2 Å². The van der Waals surface area contributed by atoms with E-state index in [0.717, 1.165) is 5.56 Å². The lowest BCUT2D eigenvalue weighted by Crippen LogP contribution is -2.49. The molecule has 2 rings (SSSR count). The van der Waals surface area contributed by atoms with Crippen molar-refractivity contribution in [3.05, 3.63) is 64.1 Å². The molecule has 5 nitrogen and oxygen atoms in total. The fourth-order valence-electron chi connectivity index (χ4n) is 2.84. The highest BCUT2D eigenvalue weighted by molar-refractivity contribution is 7.98. The van der Waals surface area contributed by atoms with Crippen molar-refractivity contribution in [1.29, 1.82) is 0 Å². The molecule has 9 heteroatoms. The van der Waals surface area contributed by atoms with Crippen LogP contribution >= 0.6 is 35.0 Å². The molecule has 0 aromatic heterocycles. The third kappa shape index (κ3) is 6.89. The standard InChI is InChI=1S/C21H26Cl2N2O3S2/c1-21(2,15-7-5-4-6-8-15)14-24-20(26)18(11-12-29-3)25-30(27,28)19-13-16(22)9-10-17(19)23/h4-10,13,18,25H,11-12,14H2,1-3H3,(H,24,26). The summed E-state index contributed by atoms with van der Waals surface area (Å²) in [6.07, 6.45) is 2.24. The number of sulfonamides is 1. The first-order valence-corrected chi connectivity index (χ1v) is 13.0. The van der Waals surface area contributed by atoms with Crippen LogP contribution in [0.5, 0.6) is 0 Å². The number of carbonyl (C=O) groups excluding carboxylic acids is 1. The van der Waals surface area contributed by atoms with Crippen molar-refractivity contribution in [3.8, 4) is 0 Å². The van der Waals surface area contributed by atoms with Crippen LogP contribution in [0.15, 0.2) is 53.4 Å². The van der Waals surface area contributed by atoms with Gasteiger partial charge in [-0.15, -0.1) is 0 Å². The van der Waals surface area contributed by atoms with E-state index in [1.807, 2.05) is 50.4 Å². The summed E-state index contributed by atoms with van der Waals surface area (Å²) in [5.41, 5.74) is 0.771. The number of hydrogen-bond acceptors (Lipinski definition) is 4. The van der Waals surface area contributed by atoms with Gasteiger partial charge in [0, 0.05) is 17.0 Å². The van der Waals surface area contributed by atoms with Crippen LogP contribution in [-0.2, 0) is 20.2 Å². The minimum atomic E-state index is -4.03. The first kappa shape index (κ1) is 25.0. The van der Waals surface area contributed by atoms with Crippen molar-refractivity contribution in [2.24, 2.45) is 0 Å². The highest BCUT2D eigenvalue weighted by Crippen LogP contribution is 2.25. The maximum absolute atomic E-state index is 12.9. The van der Waals surface area contributed by atoms with Crippen LogP contribution in [0.4, 0.5) is 0 Å². The lowest BCUT2D eigenvalue weighted by Gasteiger charge is -2.27. The second-order valence-electron chi connectivity index (χ2n) is 7.50. The molecule has 0 bridgehead atoms. The van der Waals surface area contributed by atoms with Gasteiger partial charge < -0.3 is 5.32 Å². The van der Waals surface area contributed by atoms with Crippen LogP contribution in [0.1, 0.15) is 25.8 Å². The van der Waals surface area contributed by atoms with Crippen LogP contribution in [0, 0.1) is 0 Å². The summed E-state index contributed by atoms with van der Waals surface area (Å²) in [4.78, 5) is 12.7. The van der Waals surface area contributed by atoms with Gasteiger partial charge in [-0.05, 0) is 42.2 Å². The molecule has 2 aromatic rings. The number of halogens is 2. The largest absolute Gasteiger partial charge is 0.354 e.